The molecule has 112 valence electrons. The molecule has 1 aliphatic carbocycles. The zero-order valence-corrected chi connectivity index (χ0v) is 11.7. The fourth-order valence-corrected chi connectivity index (χ4v) is 3.03. The first-order chi connectivity index (χ1) is 9.13. The molecule has 1 fully saturated rings. The summed E-state index contributed by atoms with van der Waals surface area (Å²) in [5.41, 5.74) is 2.37. The van der Waals surface area contributed by atoms with Gasteiger partial charge in [0.2, 0.25) is 0 Å². The van der Waals surface area contributed by atoms with Crippen LogP contribution in [0.1, 0.15) is 19.8 Å². The molecule has 1 aliphatic heterocycles. The number of hydrogen-bond donors (Lipinski definition) is 2. The molecular weight excluding hydrogens is 292 g/mol. The van der Waals surface area contributed by atoms with Crippen molar-refractivity contribution in [2.24, 2.45) is 11.7 Å². The number of allylic oxidation sites excluding steroid dienone is 2. The van der Waals surface area contributed by atoms with Crippen molar-refractivity contribution in [3.63, 3.8) is 0 Å². The highest BCUT2D eigenvalue weighted by molar-refractivity contribution is 7.80. The number of halogens is 4. The predicted octanol–water partition coefficient (Wildman–Crippen LogP) is 2.80. The second kappa shape index (κ2) is 4.72. The van der Waals surface area contributed by atoms with Crippen molar-refractivity contribution in [1.82, 2.24) is 5.32 Å². The van der Waals surface area contributed by atoms with E-state index >= 15 is 0 Å². The summed E-state index contributed by atoms with van der Waals surface area (Å²) < 4.78 is 54.9. The molecule has 1 heterocycles. The number of thiocarbonyl (C=S) groups is 1. The van der Waals surface area contributed by atoms with Gasteiger partial charge in [-0.1, -0.05) is 12.2 Å². The van der Waals surface area contributed by atoms with Gasteiger partial charge in [-0.15, -0.1) is 0 Å². The molecule has 1 unspecified atom stereocenters. The topological polar surface area (TPSA) is 38.0 Å². The van der Waals surface area contributed by atoms with E-state index in [1.165, 1.54) is 13.0 Å². The van der Waals surface area contributed by atoms with Gasteiger partial charge < -0.3 is 11.1 Å². The molecule has 1 saturated heterocycles. The molecule has 0 aromatic heterocycles. The molecule has 0 amide bonds. The fraction of sp³-hybridized carbons (Fsp3) is 0.615. The molecule has 2 aliphatic rings. The van der Waals surface area contributed by atoms with Crippen LogP contribution in [-0.4, -0.2) is 28.8 Å². The second-order valence-electron chi connectivity index (χ2n) is 5.62. The Bertz CT molecular complexity index is 491. The quantitative estimate of drug-likeness (QED) is 0.608. The van der Waals surface area contributed by atoms with E-state index in [-0.39, 0.29) is 23.5 Å². The van der Waals surface area contributed by atoms with Crippen LogP contribution in [-0.2, 0) is 0 Å². The van der Waals surface area contributed by atoms with Crippen LogP contribution in [0.15, 0.2) is 23.9 Å². The van der Waals surface area contributed by atoms with E-state index in [0.717, 1.165) is 12.2 Å². The second-order valence-corrected chi connectivity index (χ2v) is 6.03. The summed E-state index contributed by atoms with van der Waals surface area (Å²) in [6.07, 6.45) is 2.93. The Hall–Kier alpha value is -1.11. The first-order valence-electron chi connectivity index (χ1n) is 6.25. The zero-order chi connectivity index (χ0) is 15.2. The Morgan fingerprint density at radius 2 is 2.05 bits per heavy atom. The van der Waals surface area contributed by atoms with Gasteiger partial charge in [0.25, 0.3) is 5.92 Å². The molecule has 0 aromatic carbocycles. The normalized spacial score (nSPS) is 40.1. The fourth-order valence-electron chi connectivity index (χ4n) is 2.64. The summed E-state index contributed by atoms with van der Waals surface area (Å²) in [5.74, 6) is -4.38. The minimum absolute atomic E-state index is 0.0332. The number of alkyl halides is 4. The van der Waals surface area contributed by atoms with Gasteiger partial charge in [0.05, 0.1) is 5.92 Å². The highest BCUT2D eigenvalue weighted by Crippen LogP contribution is 2.44. The lowest BCUT2D eigenvalue weighted by Gasteiger charge is -2.47. The maximum Gasteiger partial charge on any atom is 0.275 e. The molecular formula is C13H16F4N2S. The Morgan fingerprint density at radius 3 is 2.60 bits per heavy atom. The zero-order valence-electron chi connectivity index (χ0n) is 10.9. The SMILES string of the molecule is C[C@@]1(C2C=C(N)C=CC2(F)F)CC[C@](F)(CF)C(=S)N1. The maximum absolute atomic E-state index is 14.1. The van der Waals surface area contributed by atoms with Crippen LogP contribution in [0.3, 0.4) is 0 Å². The van der Waals surface area contributed by atoms with E-state index in [1.54, 1.807) is 0 Å². The minimum Gasteiger partial charge on any atom is -0.399 e. The summed E-state index contributed by atoms with van der Waals surface area (Å²) >= 11 is 4.82. The molecule has 0 saturated carbocycles. The van der Waals surface area contributed by atoms with Gasteiger partial charge >= 0.3 is 0 Å². The highest BCUT2D eigenvalue weighted by Gasteiger charge is 2.54. The first-order valence-corrected chi connectivity index (χ1v) is 6.66. The molecule has 3 N–H and O–H groups in total. The standard InChI is InChI=1S/C13H16F4N2S/c1-11(4-5-12(15,7-14)10(20)19-11)9-6-8(18)2-3-13(9,16)17/h2-3,6,9H,4-5,7,18H2,1H3,(H,19,20)/t9?,11-,12-/m0/s1. The Kier molecular flexibility index (Phi) is 3.60. The van der Waals surface area contributed by atoms with Crippen LogP contribution in [0, 0.1) is 5.92 Å². The summed E-state index contributed by atoms with van der Waals surface area (Å²) in [6.45, 7) is 0.270. The van der Waals surface area contributed by atoms with Gasteiger partial charge in [-0.25, -0.2) is 17.6 Å². The summed E-state index contributed by atoms with van der Waals surface area (Å²) in [7, 11) is 0. The van der Waals surface area contributed by atoms with E-state index in [0.29, 0.717) is 0 Å². The van der Waals surface area contributed by atoms with Crippen molar-refractivity contribution < 1.29 is 17.6 Å². The summed E-state index contributed by atoms with van der Waals surface area (Å²) in [6, 6.07) is 0. The van der Waals surface area contributed by atoms with Crippen LogP contribution < -0.4 is 11.1 Å². The average Bonchev–Trinajstić information content (AvgIpc) is 2.37. The van der Waals surface area contributed by atoms with E-state index in [1.807, 2.05) is 0 Å². The molecule has 0 bridgehead atoms. The van der Waals surface area contributed by atoms with Crippen LogP contribution in [0.5, 0.6) is 0 Å². The van der Waals surface area contributed by atoms with Crippen LogP contribution in [0.2, 0.25) is 0 Å². The molecule has 2 rings (SSSR count). The van der Waals surface area contributed by atoms with Crippen molar-refractivity contribution in [3.8, 4) is 0 Å². The van der Waals surface area contributed by atoms with Crippen LogP contribution >= 0.6 is 12.2 Å². The van der Waals surface area contributed by atoms with E-state index in [2.05, 4.69) is 5.32 Å². The molecule has 7 heteroatoms. The molecule has 0 spiro atoms. The Labute approximate surface area is 120 Å². The van der Waals surface area contributed by atoms with Crippen molar-refractivity contribution in [3.05, 3.63) is 23.9 Å². The number of nitrogens with one attached hydrogen (secondary N) is 1. The lowest BCUT2D eigenvalue weighted by Crippen LogP contribution is -2.64. The third-order valence-corrected chi connectivity index (χ3v) is 4.48. The van der Waals surface area contributed by atoms with Gasteiger partial charge in [-0.2, -0.15) is 0 Å². The van der Waals surface area contributed by atoms with E-state index in [4.69, 9.17) is 18.0 Å². The first kappa shape index (κ1) is 15.3. The van der Waals surface area contributed by atoms with Gasteiger partial charge in [-0.05, 0) is 38.0 Å². The monoisotopic (exact) mass is 308 g/mol. The molecule has 20 heavy (non-hydrogen) atoms. The Balaban J connectivity index is 2.29. The average molecular weight is 308 g/mol. The number of piperidine rings is 1. The van der Waals surface area contributed by atoms with Gasteiger partial charge in [-0.3, -0.25) is 0 Å². The predicted molar refractivity (Wildman–Crippen MR) is 73.0 cm³/mol. The largest absolute Gasteiger partial charge is 0.399 e. The minimum atomic E-state index is -3.12. The molecule has 0 radical (unpaired) electrons. The van der Waals surface area contributed by atoms with Crippen LogP contribution in [0.25, 0.3) is 0 Å². The van der Waals surface area contributed by atoms with E-state index < -0.39 is 29.7 Å². The van der Waals surface area contributed by atoms with Gasteiger partial charge in [0.15, 0.2) is 5.67 Å². The number of nitrogens with two attached hydrogens (primary N) is 1. The van der Waals surface area contributed by atoms with Gasteiger partial charge in [0.1, 0.15) is 11.7 Å². The van der Waals surface area contributed by atoms with Crippen molar-refractivity contribution >= 4 is 17.2 Å². The third-order valence-electron chi connectivity index (χ3n) is 4.02. The maximum atomic E-state index is 14.1. The van der Waals surface area contributed by atoms with E-state index in [9.17, 15) is 17.6 Å². The molecule has 2 nitrogen and oxygen atoms in total. The van der Waals surface area contributed by atoms with Crippen molar-refractivity contribution in [2.75, 3.05) is 6.67 Å². The highest BCUT2D eigenvalue weighted by atomic mass is 32.1. The third kappa shape index (κ3) is 2.43. The lowest BCUT2D eigenvalue weighted by molar-refractivity contribution is -0.0337. The smallest absolute Gasteiger partial charge is 0.275 e. The number of hydrogen-bond acceptors (Lipinski definition) is 2. The lowest BCUT2D eigenvalue weighted by atomic mass is 9.72. The van der Waals surface area contributed by atoms with Crippen molar-refractivity contribution in [2.45, 2.75) is 36.9 Å². The van der Waals surface area contributed by atoms with Crippen molar-refractivity contribution in [1.29, 1.82) is 0 Å². The molecule has 0 aromatic rings. The summed E-state index contributed by atoms with van der Waals surface area (Å²) in [5, 5.41) is 2.58. The van der Waals surface area contributed by atoms with Crippen LogP contribution in [0.4, 0.5) is 17.6 Å². The van der Waals surface area contributed by atoms with Gasteiger partial charge in [0, 0.05) is 11.2 Å². The molecule has 3 atom stereocenters. The number of rotatable bonds is 2. The summed E-state index contributed by atoms with van der Waals surface area (Å²) in [4.78, 5) is -0.355. The Morgan fingerprint density at radius 1 is 1.40 bits per heavy atom.